The number of likely N-dealkylation sites (tertiary alicyclic amines) is 1. The zero-order valence-electron chi connectivity index (χ0n) is 17.6. The second kappa shape index (κ2) is 9.67. The van der Waals surface area contributed by atoms with Crippen molar-refractivity contribution in [3.05, 3.63) is 34.9 Å². The number of nitrogens with zero attached hydrogens (tertiary/aromatic N) is 2. The molecule has 160 valence electrons. The van der Waals surface area contributed by atoms with Gasteiger partial charge in [0.05, 0.1) is 0 Å². The maximum atomic E-state index is 6.30. The topological polar surface area (TPSA) is 48.9 Å². The molecular formula is C23H35ClN4O. The zero-order chi connectivity index (χ0) is 20.1. The molecule has 1 saturated carbocycles. The Labute approximate surface area is 180 Å². The molecule has 2 heterocycles. The highest BCUT2D eigenvalue weighted by molar-refractivity contribution is 6.30. The minimum absolute atomic E-state index is 0.0341. The van der Waals surface area contributed by atoms with E-state index in [4.69, 9.17) is 16.3 Å². The Hall–Kier alpha value is -1.30. The van der Waals surface area contributed by atoms with Crippen LogP contribution in [0.15, 0.2) is 29.3 Å². The maximum Gasteiger partial charge on any atom is 0.191 e. The summed E-state index contributed by atoms with van der Waals surface area (Å²) < 4.78 is 5.67. The summed E-state index contributed by atoms with van der Waals surface area (Å²) in [4.78, 5) is 7.20. The summed E-state index contributed by atoms with van der Waals surface area (Å²) in [6.07, 6.45) is 8.75. The molecule has 29 heavy (non-hydrogen) atoms. The maximum absolute atomic E-state index is 6.30. The molecule has 1 aromatic carbocycles. The van der Waals surface area contributed by atoms with E-state index in [1.807, 2.05) is 13.1 Å². The van der Waals surface area contributed by atoms with Crippen LogP contribution in [0.1, 0.15) is 50.5 Å². The molecule has 4 rings (SSSR count). The average molecular weight is 419 g/mol. The molecule has 6 heteroatoms. The van der Waals surface area contributed by atoms with Crippen molar-refractivity contribution < 1.29 is 4.74 Å². The minimum atomic E-state index is 0.0341. The van der Waals surface area contributed by atoms with Gasteiger partial charge in [0.25, 0.3) is 0 Å². The largest absolute Gasteiger partial charge is 0.381 e. The summed E-state index contributed by atoms with van der Waals surface area (Å²) >= 11 is 6.30. The van der Waals surface area contributed by atoms with Crippen molar-refractivity contribution in [2.24, 2.45) is 4.99 Å². The van der Waals surface area contributed by atoms with E-state index >= 15 is 0 Å². The number of ether oxygens (including phenoxy) is 1. The van der Waals surface area contributed by atoms with Gasteiger partial charge in [-0.3, -0.25) is 9.89 Å². The Morgan fingerprint density at radius 1 is 1.24 bits per heavy atom. The van der Waals surface area contributed by atoms with E-state index in [2.05, 4.69) is 38.7 Å². The van der Waals surface area contributed by atoms with Crippen molar-refractivity contribution in [1.29, 1.82) is 0 Å². The third-order valence-corrected chi connectivity index (χ3v) is 7.34. The Bertz CT molecular complexity index is 698. The van der Waals surface area contributed by atoms with Crippen LogP contribution in [0.5, 0.6) is 0 Å². The summed E-state index contributed by atoms with van der Waals surface area (Å²) in [6, 6.07) is 9.61. The lowest BCUT2D eigenvalue weighted by atomic mass is 9.74. The Morgan fingerprint density at radius 3 is 2.76 bits per heavy atom. The summed E-state index contributed by atoms with van der Waals surface area (Å²) in [5.74, 6) is 0.913. The second-order valence-corrected chi connectivity index (χ2v) is 9.33. The smallest absolute Gasteiger partial charge is 0.191 e. The van der Waals surface area contributed by atoms with E-state index in [1.54, 1.807) is 0 Å². The first-order valence-electron chi connectivity index (χ1n) is 11.2. The van der Waals surface area contributed by atoms with Crippen molar-refractivity contribution >= 4 is 17.6 Å². The normalized spacial score (nSPS) is 26.0. The summed E-state index contributed by atoms with van der Waals surface area (Å²) in [6.45, 7) is 4.77. The fourth-order valence-electron chi connectivity index (χ4n) is 5.30. The number of rotatable bonds is 5. The Morgan fingerprint density at radius 2 is 2.03 bits per heavy atom. The van der Waals surface area contributed by atoms with Crippen LogP contribution in [0.3, 0.4) is 0 Å². The number of halogens is 1. The van der Waals surface area contributed by atoms with Gasteiger partial charge in [-0.1, -0.05) is 36.6 Å². The van der Waals surface area contributed by atoms with E-state index in [-0.39, 0.29) is 5.41 Å². The molecule has 3 aliphatic rings. The van der Waals surface area contributed by atoms with Crippen molar-refractivity contribution in [3.8, 4) is 0 Å². The average Bonchev–Trinajstić information content (AvgIpc) is 3.44. The number of hydrogen-bond donors (Lipinski definition) is 2. The van der Waals surface area contributed by atoms with E-state index in [0.29, 0.717) is 6.04 Å². The van der Waals surface area contributed by atoms with Gasteiger partial charge in [-0.15, -0.1) is 0 Å². The van der Waals surface area contributed by atoms with E-state index < -0.39 is 0 Å². The molecule has 0 spiro atoms. The summed E-state index contributed by atoms with van der Waals surface area (Å²) in [7, 11) is 1.87. The molecule has 0 radical (unpaired) electrons. The highest BCUT2D eigenvalue weighted by atomic mass is 35.5. The highest BCUT2D eigenvalue weighted by Crippen LogP contribution is 2.35. The molecule has 1 atom stereocenters. The lowest BCUT2D eigenvalue weighted by Crippen LogP contribution is -2.50. The van der Waals surface area contributed by atoms with Crippen LogP contribution < -0.4 is 10.6 Å². The SMILES string of the molecule is CN=C(NCC1(c2cccc(Cl)c2)CCOCC1)NC1CCN(C2CCCC2)C1. The van der Waals surface area contributed by atoms with Gasteiger partial charge in [-0.25, -0.2) is 0 Å². The zero-order valence-corrected chi connectivity index (χ0v) is 18.4. The quantitative estimate of drug-likeness (QED) is 0.567. The van der Waals surface area contributed by atoms with Crippen molar-refractivity contribution in [2.45, 2.75) is 62.4 Å². The lowest BCUT2D eigenvalue weighted by molar-refractivity contribution is 0.0513. The molecule has 0 amide bonds. The Balaban J connectivity index is 1.36. The van der Waals surface area contributed by atoms with Crippen LogP contribution in [-0.2, 0) is 10.2 Å². The minimum Gasteiger partial charge on any atom is -0.381 e. The molecule has 3 fully saturated rings. The van der Waals surface area contributed by atoms with Gasteiger partial charge >= 0.3 is 0 Å². The first kappa shape index (κ1) is 21.0. The number of hydrogen-bond acceptors (Lipinski definition) is 3. The van der Waals surface area contributed by atoms with Gasteiger partial charge in [0.2, 0.25) is 0 Å². The molecule has 2 saturated heterocycles. The fraction of sp³-hybridized carbons (Fsp3) is 0.696. The van der Waals surface area contributed by atoms with Gasteiger partial charge in [-0.2, -0.15) is 0 Å². The molecular weight excluding hydrogens is 384 g/mol. The molecule has 2 aliphatic heterocycles. The number of benzene rings is 1. The van der Waals surface area contributed by atoms with E-state index in [0.717, 1.165) is 56.2 Å². The first-order chi connectivity index (χ1) is 14.2. The van der Waals surface area contributed by atoms with E-state index in [1.165, 1.54) is 44.2 Å². The van der Waals surface area contributed by atoms with E-state index in [9.17, 15) is 0 Å². The predicted molar refractivity (Wildman–Crippen MR) is 120 cm³/mol. The van der Waals surface area contributed by atoms with Crippen LogP contribution in [0.2, 0.25) is 5.02 Å². The molecule has 5 nitrogen and oxygen atoms in total. The van der Waals surface area contributed by atoms with Crippen LogP contribution >= 0.6 is 11.6 Å². The standard InChI is InChI=1S/C23H35ClN4O/c1-25-22(27-20-9-12-28(16-20)21-7-2-3-8-21)26-17-23(10-13-29-14-11-23)18-5-4-6-19(24)15-18/h4-6,15,20-21H,2-3,7-14,16-17H2,1H3,(H2,25,26,27). The predicted octanol–water partition coefficient (Wildman–Crippen LogP) is 3.57. The van der Waals surface area contributed by atoms with Crippen LogP contribution in [0.25, 0.3) is 0 Å². The van der Waals surface area contributed by atoms with Crippen molar-refractivity contribution in [3.63, 3.8) is 0 Å². The Kier molecular flexibility index (Phi) is 6.99. The number of guanidine groups is 1. The number of aliphatic imine (C=N–C) groups is 1. The van der Waals surface area contributed by atoms with Gasteiger partial charge in [-0.05, 0) is 49.8 Å². The van der Waals surface area contributed by atoms with Crippen LogP contribution in [-0.4, -0.2) is 62.8 Å². The molecule has 0 aromatic heterocycles. The molecule has 1 aromatic rings. The first-order valence-corrected chi connectivity index (χ1v) is 11.6. The third-order valence-electron chi connectivity index (χ3n) is 7.11. The monoisotopic (exact) mass is 418 g/mol. The van der Waals surface area contributed by atoms with Crippen LogP contribution in [0, 0.1) is 0 Å². The molecule has 1 unspecified atom stereocenters. The fourth-order valence-corrected chi connectivity index (χ4v) is 5.49. The van der Waals surface area contributed by atoms with Gasteiger partial charge in [0, 0.05) is 62.4 Å². The molecule has 0 bridgehead atoms. The summed E-state index contributed by atoms with van der Waals surface area (Å²) in [5.41, 5.74) is 1.33. The summed E-state index contributed by atoms with van der Waals surface area (Å²) in [5, 5.41) is 8.11. The van der Waals surface area contributed by atoms with Gasteiger partial charge < -0.3 is 15.4 Å². The second-order valence-electron chi connectivity index (χ2n) is 8.89. The molecule has 2 N–H and O–H groups in total. The van der Waals surface area contributed by atoms with Crippen molar-refractivity contribution in [1.82, 2.24) is 15.5 Å². The van der Waals surface area contributed by atoms with Gasteiger partial charge in [0.1, 0.15) is 0 Å². The van der Waals surface area contributed by atoms with Gasteiger partial charge in [0.15, 0.2) is 5.96 Å². The van der Waals surface area contributed by atoms with Crippen molar-refractivity contribution in [2.75, 3.05) is 39.9 Å². The number of nitrogens with one attached hydrogen (secondary N) is 2. The highest BCUT2D eigenvalue weighted by Gasteiger charge is 2.35. The van der Waals surface area contributed by atoms with Crippen LogP contribution in [0.4, 0.5) is 0 Å². The lowest BCUT2D eigenvalue weighted by Gasteiger charge is -2.38. The molecule has 1 aliphatic carbocycles. The third kappa shape index (κ3) is 5.07.